The smallest absolute Gasteiger partial charge is 0.194 e. The van der Waals surface area contributed by atoms with Gasteiger partial charge >= 0.3 is 0 Å². The molecule has 0 spiro atoms. The van der Waals surface area contributed by atoms with Crippen LogP contribution in [0.15, 0.2) is 36.4 Å². The van der Waals surface area contributed by atoms with E-state index in [-0.39, 0.29) is 11.6 Å². The number of hydrogen-bond acceptors (Lipinski definition) is 2. The summed E-state index contributed by atoms with van der Waals surface area (Å²) in [5.41, 5.74) is 4.44. The van der Waals surface area contributed by atoms with Gasteiger partial charge in [0.15, 0.2) is 11.6 Å². The van der Waals surface area contributed by atoms with E-state index in [4.69, 9.17) is 0 Å². The van der Waals surface area contributed by atoms with Crippen molar-refractivity contribution in [1.29, 1.82) is 0 Å². The lowest BCUT2D eigenvalue weighted by Crippen LogP contribution is -2.21. The Morgan fingerprint density at radius 2 is 1.00 bits per heavy atom. The van der Waals surface area contributed by atoms with E-state index in [0.29, 0.717) is 34.1 Å². The predicted octanol–water partition coefficient (Wildman–Crippen LogP) is 4.86. The number of benzene rings is 2. The van der Waals surface area contributed by atoms with Gasteiger partial charge in [0.05, 0.1) is 0 Å². The van der Waals surface area contributed by atoms with Gasteiger partial charge in [-0.2, -0.15) is 0 Å². The molecule has 0 amide bonds. The molecule has 0 bridgehead atoms. The summed E-state index contributed by atoms with van der Waals surface area (Å²) in [6.45, 7) is 8.61. The Morgan fingerprint density at radius 3 is 1.38 bits per heavy atom. The van der Waals surface area contributed by atoms with E-state index >= 15 is 0 Å². The van der Waals surface area contributed by atoms with Crippen LogP contribution < -0.4 is 0 Å². The van der Waals surface area contributed by atoms with Crippen LogP contribution in [0.25, 0.3) is 0 Å². The molecule has 0 aliphatic heterocycles. The van der Waals surface area contributed by atoms with Gasteiger partial charge in [0, 0.05) is 22.3 Å². The van der Waals surface area contributed by atoms with Crippen molar-refractivity contribution in [2.24, 2.45) is 11.8 Å². The van der Waals surface area contributed by atoms with Crippen molar-refractivity contribution in [1.82, 2.24) is 0 Å². The Labute approximate surface area is 143 Å². The van der Waals surface area contributed by atoms with Crippen molar-refractivity contribution in [2.45, 2.75) is 40.5 Å². The number of carbonyl (C=O) groups excluding carboxylic acids is 2. The molecule has 0 unspecified atom stereocenters. The van der Waals surface area contributed by atoms with E-state index in [1.165, 1.54) is 0 Å². The SMILES string of the molecule is CC(C)Cc1ccc2c(c1)C(=O)c1cc(CC(C)C)ccc1C2=O. The standard InChI is InChI=1S/C22H24O2/c1-13(2)9-15-5-7-17-19(11-15)22(24)20-12-16(10-14(3)4)6-8-18(20)21(17)23/h5-8,11-14H,9-10H2,1-4H3. The zero-order valence-electron chi connectivity index (χ0n) is 14.8. The van der Waals surface area contributed by atoms with Crippen LogP contribution in [0, 0.1) is 11.8 Å². The second kappa shape index (κ2) is 6.35. The second-order valence-electron chi connectivity index (χ2n) is 7.61. The van der Waals surface area contributed by atoms with Crippen LogP contribution in [0.2, 0.25) is 0 Å². The van der Waals surface area contributed by atoms with Gasteiger partial charge in [-0.15, -0.1) is 0 Å². The quantitative estimate of drug-likeness (QED) is 0.688. The molecular weight excluding hydrogens is 296 g/mol. The van der Waals surface area contributed by atoms with Gasteiger partial charge in [0.1, 0.15) is 0 Å². The highest BCUT2D eigenvalue weighted by molar-refractivity contribution is 6.28. The van der Waals surface area contributed by atoms with Crippen LogP contribution in [0.5, 0.6) is 0 Å². The molecule has 0 aromatic heterocycles. The minimum absolute atomic E-state index is 0.0178. The van der Waals surface area contributed by atoms with Crippen LogP contribution in [0.4, 0.5) is 0 Å². The molecule has 0 radical (unpaired) electrons. The summed E-state index contributed by atoms with van der Waals surface area (Å²) in [6, 6.07) is 11.4. The first-order valence-corrected chi connectivity index (χ1v) is 8.72. The van der Waals surface area contributed by atoms with Gasteiger partial charge in [-0.1, -0.05) is 52.0 Å². The van der Waals surface area contributed by atoms with Gasteiger partial charge in [-0.25, -0.2) is 0 Å². The zero-order chi connectivity index (χ0) is 17.4. The third kappa shape index (κ3) is 3.06. The molecule has 0 heterocycles. The molecule has 3 rings (SSSR count). The second-order valence-corrected chi connectivity index (χ2v) is 7.61. The Morgan fingerprint density at radius 1 is 0.625 bits per heavy atom. The summed E-state index contributed by atoms with van der Waals surface area (Å²) in [5, 5.41) is 0. The number of rotatable bonds is 4. The Kier molecular flexibility index (Phi) is 4.40. The maximum absolute atomic E-state index is 13.0. The molecule has 0 saturated carbocycles. The normalized spacial score (nSPS) is 13.4. The fraction of sp³-hybridized carbons (Fsp3) is 0.364. The molecule has 0 atom stereocenters. The first-order chi connectivity index (χ1) is 11.4. The molecule has 2 nitrogen and oxygen atoms in total. The minimum Gasteiger partial charge on any atom is -0.289 e. The van der Waals surface area contributed by atoms with Gasteiger partial charge < -0.3 is 0 Å². The third-order valence-electron chi connectivity index (χ3n) is 4.43. The summed E-state index contributed by atoms with van der Waals surface area (Å²) in [7, 11) is 0. The van der Waals surface area contributed by atoms with E-state index in [1.54, 1.807) is 0 Å². The summed E-state index contributed by atoms with van der Waals surface area (Å²) < 4.78 is 0. The number of fused-ring (bicyclic) bond motifs is 2. The van der Waals surface area contributed by atoms with E-state index < -0.39 is 0 Å². The van der Waals surface area contributed by atoms with Crippen LogP contribution in [-0.2, 0) is 12.8 Å². The van der Waals surface area contributed by atoms with Crippen LogP contribution in [-0.4, -0.2) is 11.6 Å². The van der Waals surface area contributed by atoms with Gasteiger partial charge in [-0.3, -0.25) is 9.59 Å². The Bertz CT molecular complexity index is 747. The number of hydrogen-bond donors (Lipinski definition) is 0. The fourth-order valence-electron chi connectivity index (χ4n) is 3.44. The summed E-state index contributed by atoms with van der Waals surface area (Å²) >= 11 is 0. The van der Waals surface area contributed by atoms with Crippen LogP contribution >= 0.6 is 0 Å². The van der Waals surface area contributed by atoms with E-state index in [0.717, 1.165) is 24.0 Å². The average Bonchev–Trinajstić information content (AvgIpc) is 2.51. The summed E-state index contributed by atoms with van der Waals surface area (Å²) in [4.78, 5) is 25.7. The average molecular weight is 320 g/mol. The molecule has 124 valence electrons. The maximum atomic E-state index is 13.0. The number of carbonyl (C=O) groups is 2. The highest BCUT2D eigenvalue weighted by Gasteiger charge is 2.30. The highest BCUT2D eigenvalue weighted by Crippen LogP contribution is 2.29. The molecular formula is C22H24O2. The highest BCUT2D eigenvalue weighted by atomic mass is 16.1. The largest absolute Gasteiger partial charge is 0.289 e. The molecule has 0 fully saturated rings. The molecule has 1 aliphatic carbocycles. The lowest BCUT2D eigenvalue weighted by Gasteiger charge is -2.20. The fourth-order valence-corrected chi connectivity index (χ4v) is 3.44. The van der Waals surface area contributed by atoms with Gasteiger partial charge in [-0.05, 0) is 47.9 Å². The van der Waals surface area contributed by atoms with E-state index in [2.05, 4.69) is 27.7 Å². The summed E-state index contributed by atoms with van der Waals surface area (Å²) in [5.74, 6) is 0.979. The van der Waals surface area contributed by atoms with Crippen molar-refractivity contribution in [3.63, 3.8) is 0 Å². The predicted molar refractivity (Wildman–Crippen MR) is 96.8 cm³/mol. The van der Waals surface area contributed by atoms with E-state index in [1.807, 2.05) is 36.4 Å². The van der Waals surface area contributed by atoms with Crippen molar-refractivity contribution in [2.75, 3.05) is 0 Å². The van der Waals surface area contributed by atoms with Crippen molar-refractivity contribution < 1.29 is 9.59 Å². The van der Waals surface area contributed by atoms with Crippen molar-refractivity contribution >= 4 is 11.6 Å². The topological polar surface area (TPSA) is 34.1 Å². The summed E-state index contributed by atoms with van der Waals surface area (Å²) in [6.07, 6.45) is 1.82. The first kappa shape index (κ1) is 16.6. The van der Waals surface area contributed by atoms with Gasteiger partial charge in [0.25, 0.3) is 0 Å². The molecule has 1 aliphatic rings. The lowest BCUT2D eigenvalue weighted by molar-refractivity contribution is 0.0979. The first-order valence-electron chi connectivity index (χ1n) is 8.72. The number of ketones is 2. The van der Waals surface area contributed by atoms with Crippen LogP contribution in [0.3, 0.4) is 0 Å². The zero-order valence-corrected chi connectivity index (χ0v) is 14.8. The third-order valence-corrected chi connectivity index (χ3v) is 4.43. The van der Waals surface area contributed by atoms with Crippen molar-refractivity contribution in [3.8, 4) is 0 Å². The van der Waals surface area contributed by atoms with Gasteiger partial charge in [0.2, 0.25) is 0 Å². The monoisotopic (exact) mass is 320 g/mol. The van der Waals surface area contributed by atoms with Crippen molar-refractivity contribution in [3.05, 3.63) is 69.8 Å². The Hall–Kier alpha value is -2.22. The molecule has 24 heavy (non-hydrogen) atoms. The van der Waals surface area contributed by atoms with E-state index in [9.17, 15) is 9.59 Å². The molecule has 2 heteroatoms. The molecule has 0 saturated heterocycles. The lowest BCUT2D eigenvalue weighted by atomic mass is 9.81. The van der Waals surface area contributed by atoms with Crippen LogP contribution in [0.1, 0.15) is 70.7 Å². The molecule has 2 aromatic rings. The molecule has 2 aromatic carbocycles. The Balaban J connectivity index is 2.05. The maximum Gasteiger partial charge on any atom is 0.194 e. The molecule has 0 N–H and O–H groups in total. The minimum atomic E-state index is -0.0354.